The summed E-state index contributed by atoms with van der Waals surface area (Å²) < 4.78 is 31.8. The van der Waals surface area contributed by atoms with E-state index in [2.05, 4.69) is 6.92 Å². The second-order valence-corrected chi connectivity index (χ2v) is 10.6. The van der Waals surface area contributed by atoms with E-state index in [-0.39, 0.29) is 0 Å². The van der Waals surface area contributed by atoms with Crippen LogP contribution in [-0.2, 0) is 27.5 Å². The van der Waals surface area contributed by atoms with Gasteiger partial charge in [0.2, 0.25) is 0 Å². The molecule has 3 rings (SSSR count). The lowest BCUT2D eigenvalue weighted by molar-refractivity contribution is 0.100. The first-order valence-electron chi connectivity index (χ1n) is 10.2. The normalized spacial score (nSPS) is 29.5. The molecule has 0 bridgehead atoms. The van der Waals surface area contributed by atoms with Crippen LogP contribution in [0.3, 0.4) is 0 Å². The van der Waals surface area contributed by atoms with Crippen LogP contribution in [0.1, 0.15) is 51.9 Å². The van der Waals surface area contributed by atoms with Gasteiger partial charge in [0.15, 0.2) is 0 Å². The topological polar surface area (TPSA) is 62.0 Å². The first kappa shape index (κ1) is 22.3. The van der Waals surface area contributed by atoms with Gasteiger partial charge >= 0.3 is 8.80 Å². The van der Waals surface area contributed by atoms with Gasteiger partial charge in [-0.1, -0.05) is 26.2 Å². The Morgan fingerprint density at radius 1 is 1.00 bits per heavy atom. The molecular weight excluding hydrogens is 352 g/mol. The third-order valence-corrected chi connectivity index (χ3v) is 8.32. The van der Waals surface area contributed by atoms with Gasteiger partial charge in [-0.3, -0.25) is 0 Å². The Labute approximate surface area is 160 Å². The van der Waals surface area contributed by atoms with Crippen LogP contribution in [0.2, 0.25) is 6.04 Å². The molecule has 0 spiro atoms. The Kier molecular flexibility index (Phi) is 10.1. The molecule has 7 heteroatoms. The summed E-state index contributed by atoms with van der Waals surface area (Å²) in [6.45, 7) is 4.51. The molecule has 3 aliphatic rings. The summed E-state index contributed by atoms with van der Waals surface area (Å²) in [5.74, 6) is 0.999. The van der Waals surface area contributed by atoms with Gasteiger partial charge in [-0.15, -0.1) is 0 Å². The van der Waals surface area contributed by atoms with Gasteiger partial charge in [-0.2, -0.15) is 0 Å². The fraction of sp³-hybridized carbons (Fsp3) is 1.00. The summed E-state index contributed by atoms with van der Waals surface area (Å²) in [6.07, 6.45) is 11.0. The lowest BCUT2D eigenvalue weighted by atomic mass is 9.86. The molecule has 1 aliphatic carbocycles. The van der Waals surface area contributed by atoms with Gasteiger partial charge in [0.25, 0.3) is 0 Å². The molecule has 1 saturated carbocycles. The second kappa shape index (κ2) is 11.7. The van der Waals surface area contributed by atoms with Crippen molar-refractivity contribution in [1.82, 2.24) is 0 Å². The third-order valence-electron chi connectivity index (χ3n) is 5.49. The van der Waals surface area contributed by atoms with Gasteiger partial charge in [-0.05, 0) is 31.6 Å². The van der Waals surface area contributed by atoms with Gasteiger partial charge in [0.1, 0.15) is 6.10 Å². The van der Waals surface area contributed by atoms with E-state index >= 15 is 0 Å². The van der Waals surface area contributed by atoms with Crippen LogP contribution in [0.5, 0.6) is 0 Å². The van der Waals surface area contributed by atoms with Crippen molar-refractivity contribution in [3.63, 3.8) is 0 Å². The quantitative estimate of drug-likeness (QED) is 0.289. The Hall–Kier alpha value is -0.0231. The van der Waals surface area contributed by atoms with Crippen molar-refractivity contribution in [3.05, 3.63) is 0 Å². The van der Waals surface area contributed by atoms with Crippen LogP contribution in [0.15, 0.2) is 0 Å². The molecule has 2 aliphatic heterocycles. The summed E-state index contributed by atoms with van der Waals surface area (Å²) in [5.41, 5.74) is 0. The van der Waals surface area contributed by atoms with Crippen molar-refractivity contribution in [1.29, 1.82) is 0 Å². The SMILES string of the molecule is CCCCC1CCC2OC2C1.CO[Si](CCCOCC1CO1)(OC)OC. The van der Waals surface area contributed by atoms with Crippen molar-refractivity contribution in [3.8, 4) is 0 Å². The van der Waals surface area contributed by atoms with Crippen LogP contribution in [0.4, 0.5) is 0 Å². The summed E-state index contributed by atoms with van der Waals surface area (Å²) in [5, 5.41) is 0. The van der Waals surface area contributed by atoms with Crippen LogP contribution in [-0.4, -0.2) is 68.3 Å². The highest BCUT2D eigenvalue weighted by molar-refractivity contribution is 6.60. The van der Waals surface area contributed by atoms with E-state index in [4.69, 9.17) is 27.5 Å². The first-order valence-corrected chi connectivity index (χ1v) is 12.1. The fourth-order valence-electron chi connectivity index (χ4n) is 3.57. The van der Waals surface area contributed by atoms with E-state index in [1.807, 2.05) is 0 Å². The van der Waals surface area contributed by atoms with Crippen molar-refractivity contribution < 1.29 is 27.5 Å². The van der Waals surface area contributed by atoms with Crippen LogP contribution in [0, 0.1) is 5.92 Å². The Balaban J connectivity index is 0.000000195. The lowest BCUT2D eigenvalue weighted by Gasteiger charge is -2.24. The smallest absolute Gasteiger partial charge is 0.379 e. The summed E-state index contributed by atoms with van der Waals surface area (Å²) >= 11 is 0. The zero-order valence-electron chi connectivity index (χ0n) is 17.0. The second-order valence-electron chi connectivity index (χ2n) is 7.46. The number of ether oxygens (including phenoxy) is 3. The maximum Gasteiger partial charge on any atom is 0.500 e. The molecular formula is C19H38O6Si. The molecule has 154 valence electrons. The van der Waals surface area contributed by atoms with E-state index in [1.165, 1.54) is 38.5 Å². The fourth-order valence-corrected chi connectivity index (χ4v) is 5.26. The highest BCUT2D eigenvalue weighted by Crippen LogP contribution is 2.40. The monoisotopic (exact) mass is 390 g/mol. The van der Waals surface area contributed by atoms with E-state index < -0.39 is 8.80 Å². The van der Waals surface area contributed by atoms with E-state index in [1.54, 1.807) is 21.3 Å². The maximum absolute atomic E-state index is 5.49. The highest BCUT2D eigenvalue weighted by Gasteiger charge is 2.43. The molecule has 3 fully saturated rings. The highest BCUT2D eigenvalue weighted by atomic mass is 28.4. The molecule has 4 atom stereocenters. The lowest BCUT2D eigenvalue weighted by Crippen LogP contribution is -2.42. The molecule has 4 unspecified atom stereocenters. The molecule has 6 nitrogen and oxygen atoms in total. The number of hydrogen-bond acceptors (Lipinski definition) is 6. The Bertz CT molecular complexity index is 367. The maximum atomic E-state index is 5.49. The van der Waals surface area contributed by atoms with Gasteiger partial charge in [0.05, 0.1) is 25.4 Å². The Morgan fingerprint density at radius 2 is 1.73 bits per heavy atom. The predicted molar refractivity (Wildman–Crippen MR) is 102 cm³/mol. The molecule has 0 aromatic heterocycles. The largest absolute Gasteiger partial charge is 0.500 e. The van der Waals surface area contributed by atoms with E-state index in [9.17, 15) is 0 Å². The summed E-state index contributed by atoms with van der Waals surface area (Å²) in [4.78, 5) is 0. The standard InChI is InChI=1S/C10H18O.C9H20O5Si/c1-2-3-4-8-5-6-9-10(7-8)11-9;1-10-15(11-2,12-3)6-4-5-13-7-9-8-14-9/h8-10H,2-7H2,1H3;9H,4-8H2,1-3H3. The zero-order valence-corrected chi connectivity index (χ0v) is 18.0. The zero-order chi connectivity index (χ0) is 18.8. The van der Waals surface area contributed by atoms with Gasteiger partial charge in [-0.25, -0.2) is 0 Å². The predicted octanol–water partition coefficient (Wildman–Crippen LogP) is 3.41. The minimum absolute atomic E-state index is 0.333. The van der Waals surface area contributed by atoms with Crippen LogP contribution < -0.4 is 0 Å². The average Bonchev–Trinajstić information content (AvgIpc) is 3.58. The van der Waals surface area contributed by atoms with Crippen LogP contribution >= 0.6 is 0 Å². The number of unbranched alkanes of at least 4 members (excludes halogenated alkanes) is 1. The minimum atomic E-state index is -2.39. The number of hydrogen-bond donors (Lipinski definition) is 0. The Morgan fingerprint density at radius 3 is 2.31 bits per heavy atom. The molecule has 2 saturated heterocycles. The van der Waals surface area contributed by atoms with Crippen molar-refractivity contribution in [2.24, 2.45) is 5.92 Å². The molecule has 26 heavy (non-hydrogen) atoms. The van der Waals surface area contributed by atoms with Crippen LogP contribution in [0.25, 0.3) is 0 Å². The minimum Gasteiger partial charge on any atom is -0.379 e. The molecule has 0 radical (unpaired) electrons. The summed E-state index contributed by atoms with van der Waals surface area (Å²) in [7, 11) is 2.48. The average molecular weight is 391 g/mol. The molecule has 0 N–H and O–H groups in total. The molecule has 0 aromatic carbocycles. The molecule has 0 aromatic rings. The number of fused-ring (bicyclic) bond motifs is 1. The van der Waals surface area contributed by atoms with Crippen molar-refractivity contribution in [2.45, 2.75) is 76.2 Å². The third kappa shape index (κ3) is 7.92. The van der Waals surface area contributed by atoms with Gasteiger partial charge < -0.3 is 27.5 Å². The number of epoxide rings is 2. The number of rotatable bonds is 12. The van der Waals surface area contributed by atoms with Crippen molar-refractivity contribution in [2.75, 3.05) is 41.2 Å². The van der Waals surface area contributed by atoms with Gasteiger partial charge in [0, 0.05) is 34.0 Å². The summed E-state index contributed by atoms with van der Waals surface area (Å²) in [6, 6.07) is 0.780. The van der Waals surface area contributed by atoms with Crippen molar-refractivity contribution >= 4 is 8.80 Å². The molecule has 0 amide bonds. The van der Waals surface area contributed by atoms with E-state index in [0.717, 1.165) is 25.0 Å². The molecule has 2 heterocycles. The van der Waals surface area contributed by atoms with E-state index in [0.29, 0.717) is 31.5 Å². The first-order chi connectivity index (χ1) is 12.7.